The summed E-state index contributed by atoms with van der Waals surface area (Å²) in [5.74, 6) is 0. The van der Waals surface area contributed by atoms with Crippen molar-refractivity contribution in [3.63, 3.8) is 0 Å². The summed E-state index contributed by atoms with van der Waals surface area (Å²) in [6.07, 6.45) is 11.2. The highest BCUT2D eigenvalue weighted by atomic mass is 15.1. The van der Waals surface area contributed by atoms with Gasteiger partial charge in [0.1, 0.15) is 0 Å². The maximum absolute atomic E-state index is 3.72. The van der Waals surface area contributed by atoms with Crippen LogP contribution in [-0.4, -0.2) is 37.6 Å². The Morgan fingerprint density at radius 2 is 1.74 bits per heavy atom. The van der Waals surface area contributed by atoms with Crippen LogP contribution in [0.1, 0.15) is 72.1 Å². The van der Waals surface area contributed by atoms with Crippen LogP contribution in [0.2, 0.25) is 0 Å². The molecule has 0 aromatic heterocycles. The zero-order valence-electron chi connectivity index (χ0n) is 13.8. The van der Waals surface area contributed by atoms with Crippen LogP contribution >= 0.6 is 0 Å². The molecule has 0 atom stereocenters. The minimum atomic E-state index is 0.531. The summed E-state index contributed by atoms with van der Waals surface area (Å²) >= 11 is 0. The second-order valence-electron chi connectivity index (χ2n) is 7.04. The molecule has 1 N–H and O–H groups in total. The van der Waals surface area contributed by atoms with Crippen LogP contribution in [-0.2, 0) is 0 Å². The van der Waals surface area contributed by atoms with Gasteiger partial charge in [-0.05, 0) is 38.3 Å². The summed E-state index contributed by atoms with van der Waals surface area (Å²) in [5, 5.41) is 3.72. The first-order valence-electron chi connectivity index (χ1n) is 8.50. The first-order chi connectivity index (χ1) is 9.08. The van der Waals surface area contributed by atoms with E-state index < -0.39 is 0 Å². The van der Waals surface area contributed by atoms with Crippen LogP contribution in [0.3, 0.4) is 0 Å². The van der Waals surface area contributed by atoms with Crippen molar-refractivity contribution < 1.29 is 0 Å². The first kappa shape index (κ1) is 17.0. The molecule has 1 fully saturated rings. The molecule has 114 valence electrons. The van der Waals surface area contributed by atoms with Crippen molar-refractivity contribution >= 4 is 0 Å². The second kappa shape index (κ2) is 8.97. The number of nitrogens with zero attached hydrogens (tertiary/aromatic N) is 1. The summed E-state index contributed by atoms with van der Waals surface area (Å²) in [5.41, 5.74) is 0.531. The molecule has 0 bridgehead atoms. The van der Waals surface area contributed by atoms with E-state index in [-0.39, 0.29) is 0 Å². The third-order valence-electron chi connectivity index (χ3n) is 4.55. The molecule has 1 rings (SSSR count). The average Bonchev–Trinajstić information content (AvgIpc) is 2.60. The molecule has 1 saturated carbocycles. The average molecular weight is 268 g/mol. The quantitative estimate of drug-likeness (QED) is 0.668. The lowest BCUT2D eigenvalue weighted by molar-refractivity contribution is 0.142. The van der Waals surface area contributed by atoms with Gasteiger partial charge >= 0.3 is 0 Å². The molecule has 0 heterocycles. The smallest absolute Gasteiger partial charge is 0.00471 e. The molecule has 1 aliphatic rings. The Morgan fingerprint density at radius 1 is 1.11 bits per heavy atom. The molecule has 0 aromatic rings. The van der Waals surface area contributed by atoms with Crippen LogP contribution in [0.15, 0.2) is 0 Å². The number of hydrogen-bond acceptors (Lipinski definition) is 2. The van der Waals surface area contributed by atoms with Gasteiger partial charge in [0.05, 0.1) is 0 Å². The van der Waals surface area contributed by atoms with Gasteiger partial charge in [-0.2, -0.15) is 0 Å². The molecule has 0 spiro atoms. The Labute approximate surface area is 121 Å². The molecular weight excluding hydrogens is 232 g/mol. The van der Waals surface area contributed by atoms with Crippen LogP contribution < -0.4 is 5.32 Å². The van der Waals surface area contributed by atoms with Gasteiger partial charge in [-0.25, -0.2) is 0 Å². The van der Waals surface area contributed by atoms with Crippen molar-refractivity contribution in [1.82, 2.24) is 10.2 Å². The second-order valence-corrected chi connectivity index (χ2v) is 7.04. The Hall–Kier alpha value is -0.0800. The van der Waals surface area contributed by atoms with Gasteiger partial charge in [0, 0.05) is 19.1 Å². The molecule has 0 saturated heterocycles. The van der Waals surface area contributed by atoms with Crippen molar-refractivity contribution in [1.29, 1.82) is 0 Å². The highest BCUT2D eigenvalue weighted by Crippen LogP contribution is 2.35. The fourth-order valence-corrected chi connectivity index (χ4v) is 3.37. The monoisotopic (exact) mass is 268 g/mol. The molecule has 0 unspecified atom stereocenters. The molecular formula is C17H36N2. The maximum Gasteiger partial charge on any atom is 0.00471 e. The highest BCUT2D eigenvalue weighted by molar-refractivity contribution is 4.87. The molecule has 2 nitrogen and oxygen atoms in total. The Kier molecular flexibility index (Phi) is 8.01. The van der Waals surface area contributed by atoms with E-state index in [0.717, 1.165) is 0 Å². The third-order valence-corrected chi connectivity index (χ3v) is 4.55. The van der Waals surface area contributed by atoms with Crippen LogP contribution in [0.25, 0.3) is 0 Å². The van der Waals surface area contributed by atoms with Gasteiger partial charge in [-0.1, -0.05) is 52.9 Å². The SMILES string of the molecule is CCCCN(C)CC1(CNC(C)C)CCCCCC1. The molecule has 19 heavy (non-hydrogen) atoms. The maximum atomic E-state index is 3.72. The van der Waals surface area contributed by atoms with Crippen molar-refractivity contribution in [2.45, 2.75) is 78.2 Å². The van der Waals surface area contributed by atoms with E-state index in [0.29, 0.717) is 11.5 Å². The minimum Gasteiger partial charge on any atom is -0.314 e. The Balaban J connectivity index is 2.56. The van der Waals surface area contributed by atoms with E-state index in [2.05, 4.69) is 38.0 Å². The van der Waals surface area contributed by atoms with E-state index in [1.165, 1.54) is 71.0 Å². The largest absolute Gasteiger partial charge is 0.314 e. The number of hydrogen-bond donors (Lipinski definition) is 1. The fourth-order valence-electron chi connectivity index (χ4n) is 3.37. The number of nitrogens with one attached hydrogen (secondary N) is 1. The van der Waals surface area contributed by atoms with Gasteiger partial charge in [0.15, 0.2) is 0 Å². The molecule has 1 aliphatic carbocycles. The third kappa shape index (κ3) is 6.76. The van der Waals surface area contributed by atoms with Crippen LogP contribution in [0.4, 0.5) is 0 Å². The van der Waals surface area contributed by atoms with Crippen molar-refractivity contribution in [3.05, 3.63) is 0 Å². The lowest BCUT2D eigenvalue weighted by atomic mass is 9.79. The molecule has 0 aromatic carbocycles. The number of rotatable bonds is 8. The molecule has 0 aliphatic heterocycles. The molecule has 2 heteroatoms. The van der Waals surface area contributed by atoms with Crippen LogP contribution in [0.5, 0.6) is 0 Å². The fraction of sp³-hybridized carbons (Fsp3) is 1.00. The van der Waals surface area contributed by atoms with E-state index in [4.69, 9.17) is 0 Å². The predicted molar refractivity (Wildman–Crippen MR) is 85.7 cm³/mol. The standard InChI is InChI=1S/C17H36N2/c1-5-6-13-19(4)15-17(14-18-16(2)3)11-9-7-8-10-12-17/h16,18H,5-15H2,1-4H3. The zero-order valence-corrected chi connectivity index (χ0v) is 13.8. The summed E-state index contributed by atoms with van der Waals surface area (Å²) < 4.78 is 0. The van der Waals surface area contributed by atoms with Gasteiger partial charge in [0.2, 0.25) is 0 Å². The first-order valence-corrected chi connectivity index (χ1v) is 8.50. The van der Waals surface area contributed by atoms with E-state index >= 15 is 0 Å². The van der Waals surface area contributed by atoms with E-state index in [1.54, 1.807) is 0 Å². The van der Waals surface area contributed by atoms with Gasteiger partial charge in [0.25, 0.3) is 0 Å². The predicted octanol–water partition coefficient (Wildman–Crippen LogP) is 4.06. The Morgan fingerprint density at radius 3 is 2.26 bits per heavy atom. The van der Waals surface area contributed by atoms with Crippen LogP contribution in [0, 0.1) is 5.41 Å². The van der Waals surface area contributed by atoms with Crippen molar-refractivity contribution in [3.8, 4) is 0 Å². The van der Waals surface area contributed by atoms with Gasteiger partial charge < -0.3 is 10.2 Å². The van der Waals surface area contributed by atoms with E-state index in [9.17, 15) is 0 Å². The van der Waals surface area contributed by atoms with Gasteiger partial charge in [-0.3, -0.25) is 0 Å². The van der Waals surface area contributed by atoms with E-state index in [1.807, 2.05) is 0 Å². The van der Waals surface area contributed by atoms with Gasteiger partial charge in [-0.15, -0.1) is 0 Å². The lowest BCUT2D eigenvalue weighted by Crippen LogP contribution is -2.44. The molecule has 0 amide bonds. The lowest BCUT2D eigenvalue weighted by Gasteiger charge is -2.37. The highest BCUT2D eigenvalue weighted by Gasteiger charge is 2.31. The zero-order chi connectivity index (χ0) is 14.1. The normalized spacial score (nSPS) is 19.9. The van der Waals surface area contributed by atoms with Crippen molar-refractivity contribution in [2.24, 2.45) is 5.41 Å². The minimum absolute atomic E-state index is 0.531. The summed E-state index contributed by atoms with van der Waals surface area (Å²) in [4.78, 5) is 2.58. The van der Waals surface area contributed by atoms with Crippen molar-refractivity contribution in [2.75, 3.05) is 26.7 Å². The number of unbranched alkanes of at least 4 members (excludes halogenated alkanes) is 1. The topological polar surface area (TPSA) is 15.3 Å². The summed E-state index contributed by atoms with van der Waals surface area (Å²) in [6, 6.07) is 0.612. The summed E-state index contributed by atoms with van der Waals surface area (Å²) in [7, 11) is 2.32. The summed E-state index contributed by atoms with van der Waals surface area (Å²) in [6.45, 7) is 10.6. The Bertz CT molecular complexity index is 217. The molecule has 0 radical (unpaired) electrons.